The van der Waals surface area contributed by atoms with Crippen LogP contribution in [0.3, 0.4) is 0 Å². The van der Waals surface area contributed by atoms with E-state index in [1.807, 2.05) is 0 Å². The van der Waals surface area contributed by atoms with Crippen molar-refractivity contribution in [2.75, 3.05) is 0 Å². The lowest BCUT2D eigenvalue weighted by molar-refractivity contribution is -0.653. The van der Waals surface area contributed by atoms with E-state index in [9.17, 15) is 14.0 Å². The van der Waals surface area contributed by atoms with Crippen LogP contribution in [0.2, 0.25) is 10.0 Å². The topological polar surface area (TPSA) is 32.6 Å². The van der Waals surface area contributed by atoms with E-state index < -0.39 is 19.0 Å². The van der Waals surface area contributed by atoms with Gasteiger partial charge in [0.1, 0.15) is 18.2 Å². The average molecular weight is 343 g/mol. The molecule has 8 heteroatoms. The molecule has 0 aliphatic rings. The maximum atomic E-state index is 14.6. The van der Waals surface area contributed by atoms with Gasteiger partial charge in [-0.3, -0.25) is 23.2 Å². The summed E-state index contributed by atoms with van der Waals surface area (Å²) < 4.78 is 32.3. The number of hydrogen-bond donors (Lipinski definition) is 0. The van der Waals surface area contributed by atoms with E-state index in [0.717, 1.165) is 0 Å². The molecule has 2 aromatic rings. The molecule has 115 valence electrons. The van der Waals surface area contributed by atoms with Crippen LogP contribution in [0.5, 0.6) is 0 Å². The van der Waals surface area contributed by atoms with Crippen molar-refractivity contribution in [3.63, 3.8) is 0 Å². The number of nitriles is 1. The van der Waals surface area contributed by atoms with Crippen LogP contribution in [0.25, 0.3) is 0 Å². The molecule has 0 spiro atoms. The molecule has 0 unspecified atom stereocenters. The first kappa shape index (κ1) is 16.8. The summed E-state index contributed by atoms with van der Waals surface area (Å²) in [5.74, 6) is -1.55. The Morgan fingerprint density at radius 3 is 2.59 bits per heavy atom. The second-order valence-electron chi connectivity index (χ2n) is 5.11. The van der Waals surface area contributed by atoms with Gasteiger partial charge in [0.25, 0.3) is 0 Å². The number of alkyl halides is 2. The van der Waals surface area contributed by atoms with Gasteiger partial charge < -0.3 is 0 Å². The summed E-state index contributed by atoms with van der Waals surface area (Å²) >= 11 is 11.7. The van der Waals surface area contributed by atoms with Crippen molar-refractivity contribution in [1.82, 2.24) is 4.57 Å². The minimum atomic E-state index is -3.27. The predicted molar refractivity (Wildman–Crippen MR) is 82.7 cm³/mol. The number of rotatable bonds is 4. The molecule has 0 aliphatic heterocycles. The Morgan fingerprint density at radius 1 is 1.41 bits per heavy atom. The fourth-order valence-electron chi connectivity index (χ4n) is 2.37. The Labute approximate surface area is 137 Å². The summed E-state index contributed by atoms with van der Waals surface area (Å²) in [6.45, 7) is -1.58. The van der Waals surface area contributed by atoms with Crippen molar-refractivity contribution in [3.8, 4) is 5.97 Å². The lowest BCUT2D eigenvalue weighted by atomic mass is 9.44. The molecule has 22 heavy (non-hydrogen) atoms. The summed E-state index contributed by atoms with van der Waals surface area (Å²) in [6, 6.07) is 4.37. The Morgan fingerprint density at radius 2 is 2.09 bits per heavy atom. The summed E-state index contributed by atoms with van der Waals surface area (Å²) in [5.41, 5.74) is 0.491. The van der Waals surface area contributed by atoms with Gasteiger partial charge >= 0.3 is 0 Å². The number of hydrogen-bond acceptors (Lipinski definition) is 1. The average Bonchev–Trinajstić information content (AvgIpc) is 2.75. The van der Waals surface area contributed by atoms with Gasteiger partial charge in [0.2, 0.25) is 6.71 Å². The fourth-order valence-corrected chi connectivity index (χ4v) is 2.85. The highest BCUT2D eigenvalue weighted by atomic mass is 35.5. The first-order chi connectivity index (χ1) is 10.3. The zero-order valence-electron chi connectivity index (χ0n) is 12.0. The molecule has 1 radical (unpaired) electrons. The van der Waals surface area contributed by atoms with E-state index in [1.165, 1.54) is 27.3 Å². The summed E-state index contributed by atoms with van der Waals surface area (Å²) in [6.07, 6.45) is 2.63. The normalized spacial score (nSPS) is 11.7. The van der Waals surface area contributed by atoms with Crippen molar-refractivity contribution in [2.45, 2.75) is 12.2 Å². The lowest BCUT2D eigenvalue weighted by Crippen LogP contribution is -2.62. The van der Waals surface area contributed by atoms with Crippen molar-refractivity contribution >= 4 is 35.6 Å². The molecular weight excluding hydrogens is 330 g/mol. The Balaban J connectivity index is 2.37. The van der Waals surface area contributed by atoms with Crippen LogP contribution in [0.1, 0.15) is 5.56 Å². The highest BCUT2D eigenvalue weighted by Gasteiger charge is 2.38. The van der Waals surface area contributed by atoms with Crippen molar-refractivity contribution in [3.05, 3.63) is 46.2 Å². The third-order valence-electron chi connectivity index (χ3n) is 3.49. The Bertz CT molecular complexity index is 721. The molecule has 1 heterocycles. The third-order valence-corrected chi connectivity index (χ3v) is 4.07. The lowest BCUT2D eigenvalue weighted by Gasteiger charge is -2.29. The number of aromatic nitrogens is 2. The highest BCUT2D eigenvalue weighted by Crippen LogP contribution is 2.28. The molecule has 0 fully saturated rings. The quantitative estimate of drug-likeness (QED) is 0.620. The molecule has 2 rings (SSSR count). The van der Waals surface area contributed by atoms with Crippen LogP contribution in [-0.4, -0.2) is 17.1 Å². The zero-order chi connectivity index (χ0) is 16.5. The molecule has 0 N–H and O–H groups in total. The minimum Gasteiger partial charge on any atom is -0.275 e. The fraction of sp³-hybridized carbons (Fsp3) is 0.286. The summed E-state index contributed by atoms with van der Waals surface area (Å²) in [7, 11) is 3.26. The Hall–Kier alpha value is -1.58. The molecule has 1 aromatic heterocycles. The minimum absolute atomic E-state index is 0.167. The highest BCUT2D eigenvalue weighted by molar-refractivity contribution is 6.80. The third kappa shape index (κ3) is 3.26. The van der Waals surface area contributed by atoms with Crippen molar-refractivity contribution in [1.29, 1.82) is 5.26 Å². The molecule has 0 amide bonds. The van der Waals surface area contributed by atoms with Crippen LogP contribution in [0.15, 0.2) is 30.6 Å². The van der Waals surface area contributed by atoms with Gasteiger partial charge in [-0.1, -0.05) is 29.3 Å². The van der Waals surface area contributed by atoms with E-state index in [1.54, 1.807) is 32.5 Å². The van der Waals surface area contributed by atoms with Crippen LogP contribution in [0, 0.1) is 11.2 Å². The van der Waals surface area contributed by atoms with Gasteiger partial charge in [-0.25, -0.2) is 0 Å². The first-order valence-electron chi connectivity index (χ1n) is 6.48. The molecule has 3 nitrogen and oxygen atoms in total. The van der Waals surface area contributed by atoms with Gasteiger partial charge in [0.15, 0.2) is 0 Å². The van der Waals surface area contributed by atoms with Crippen LogP contribution in [-0.2, 0) is 20.5 Å². The summed E-state index contributed by atoms with van der Waals surface area (Å²) in [4.78, 5) is 0. The monoisotopic (exact) mass is 342 g/mol. The summed E-state index contributed by atoms with van der Waals surface area (Å²) in [5, 5.41) is 9.81. The number of aryl methyl sites for hydroxylation is 2. The van der Waals surface area contributed by atoms with Crippen LogP contribution in [0.4, 0.5) is 8.78 Å². The number of imidazole rings is 1. The first-order valence-corrected chi connectivity index (χ1v) is 7.24. The second kappa shape index (κ2) is 6.27. The predicted octanol–water partition coefficient (Wildman–Crippen LogP) is 2.34. The molecule has 0 aliphatic carbocycles. The molecule has 0 saturated carbocycles. The number of benzene rings is 1. The largest absolute Gasteiger partial charge is 0.275 e. The van der Waals surface area contributed by atoms with Gasteiger partial charge in [0, 0.05) is 16.5 Å². The van der Waals surface area contributed by atoms with Crippen molar-refractivity contribution in [2.24, 2.45) is 14.1 Å². The van der Waals surface area contributed by atoms with E-state index in [0.29, 0.717) is 5.02 Å². The van der Waals surface area contributed by atoms with E-state index in [-0.39, 0.29) is 16.3 Å². The number of halogens is 4. The molecule has 0 atom stereocenters. The molecule has 1 aromatic carbocycles. The van der Waals surface area contributed by atoms with Crippen LogP contribution < -0.4 is 10.3 Å². The van der Waals surface area contributed by atoms with Gasteiger partial charge in [-0.05, 0) is 17.7 Å². The molecule has 0 saturated heterocycles. The molecular formula is C14H13BCl2F2N3. The van der Waals surface area contributed by atoms with Gasteiger partial charge in [0.05, 0.1) is 19.8 Å². The maximum absolute atomic E-state index is 14.6. The van der Waals surface area contributed by atoms with Gasteiger partial charge in [-0.15, -0.1) is 0 Å². The van der Waals surface area contributed by atoms with E-state index in [2.05, 4.69) is 0 Å². The SMILES string of the molecule is Cn1cc[n+](C)c1[B-](C#N)C(F)(F)Cc1ccc(Cl)cc1Cl. The smallest absolute Gasteiger partial charge is 0.205 e. The van der Waals surface area contributed by atoms with Gasteiger partial charge in [-0.2, -0.15) is 5.97 Å². The zero-order valence-corrected chi connectivity index (χ0v) is 13.5. The standard InChI is InChI=1S/C14H13BCl2F2N3/c1-21-5-6-22(2)13(21)15(9-20)14(18,19)8-10-3-4-11(16)7-12(10)17/h3-7H,8H2,1-2H3. The van der Waals surface area contributed by atoms with Crippen LogP contribution >= 0.6 is 23.2 Å². The van der Waals surface area contributed by atoms with Crippen molar-refractivity contribution < 1.29 is 13.3 Å². The number of nitrogens with zero attached hydrogens (tertiary/aromatic N) is 3. The molecule has 0 bridgehead atoms. The Kier molecular flexibility index (Phi) is 4.79. The van der Waals surface area contributed by atoms with E-state index >= 15 is 0 Å². The maximum Gasteiger partial charge on any atom is 0.205 e. The van der Waals surface area contributed by atoms with E-state index in [4.69, 9.17) is 23.2 Å². The second-order valence-corrected chi connectivity index (χ2v) is 5.96.